The number of nitrogens with one attached hydrogen (secondary N) is 1. The van der Waals surface area contributed by atoms with E-state index < -0.39 is 29.7 Å². The standard InChI is InChI=1S/C23H26F3N3O3/c24-23(25,26)18-6-3-5-16(12-18)21(30)28-20-7-2-1-4-17(20)14-29(13-15-8-9-15)11-10-19(27)22(31)32/h1-7,12,15,19H,8-11,13-14,27H2,(H,28,30)(H,31,32). The second kappa shape index (κ2) is 10.1. The van der Waals surface area contributed by atoms with Crippen molar-refractivity contribution in [2.24, 2.45) is 11.7 Å². The number of para-hydroxylation sites is 1. The van der Waals surface area contributed by atoms with Gasteiger partial charge in [-0.3, -0.25) is 14.5 Å². The molecule has 9 heteroatoms. The summed E-state index contributed by atoms with van der Waals surface area (Å²) >= 11 is 0. The van der Waals surface area contributed by atoms with Crippen molar-refractivity contribution in [2.45, 2.75) is 38.0 Å². The number of anilines is 1. The van der Waals surface area contributed by atoms with Crippen LogP contribution in [-0.4, -0.2) is 41.0 Å². The number of halogens is 3. The lowest BCUT2D eigenvalue weighted by molar-refractivity contribution is -0.139. The van der Waals surface area contributed by atoms with E-state index in [0.717, 1.165) is 37.1 Å². The molecule has 0 heterocycles. The number of nitrogens with two attached hydrogens (primary N) is 1. The molecule has 2 aromatic carbocycles. The highest BCUT2D eigenvalue weighted by Gasteiger charge is 2.31. The highest BCUT2D eigenvalue weighted by atomic mass is 19.4. The van der Waals surface area contributed by atoms with Crippen LogP contribution in [0, 0.1) is 5.92 Å². The van der Waals surface area contributed by atoms with Crippen molar-refractivity contribution in [2.75, 3.05) is 18.4 Å². The summed E-state index contributed by atoms with van der Waals surface area (Å²) in [4.78, 5) is 25.8. The van der Waals surface area contributed by atoms with Gasteiger partial charge in [-0.05, 0) is 55.0 Å². The summed E-state index contributed by atoms with van der Waals surface area (Å²) in [5.74, 6) is -1.13. The first-order valence-electron chi connectivity index (χ1n) is 10.4. The van der Waals surface area contributed by atoms with Crippen LogP contribution in [0.1, 0.15) is 40.7 Å². The van der Waals surface area contributed by atoms with Crippen LogP contribution in [0.25, 0.3) is 0 Å². The van der Waals surface area contributed by atoms with Crippen LogP contribution in [0.15, 0.2) is 48.5 Å². The average Bonchev–Trinajstić information content (AvgIpc) is 3.56. The smallest absolute Gasteiger partial charge is 0.416 e. The number of benzene rings is 2. The Bertz CT molecular complexity index is 961. The van der Waals surface area contributed by atoms with Gasteiger partial charge >= 0.3 is 12.1 Å². The summed E-state index contributed by atoms with van der Waals surface area (Å²) in [7, 11) is 0. The quantitative estimate of drug-likeness (QED) is 0.510. The van der Waals surface area contributed by atoms with Gasteiger partial charge in [0, 0.05) is 30.9 Å². The number of rotatable bonds is 10. The highest BCUT2D eigenvalue weighted by Crippen LogP contribution is 2.31. The van der Waals surface area contributed by atoms with Gasteiger partial charge in [-0.25, -0.2) is 0 Å². The Kier molecular flexibility index (Phi) is 7.52. The number of carbonyl (C=O) groups is 2. The molecule has 1 aliphatic carbocycles. The molecule has 2 aromatic rings. The molecule has 1 aliphatic rings. The fraction of sp³-hybridized carbons (Fsp3) is 0.391. The van der Waals surface area contributed by atoms with Gasteiger partial charge in [-0.2, -0.15) is 13.2 Å². The van der Waals surface area contributed by atoms with E-state index in [2.05, 4.69) is 10.2 Å². The van der Waals surface area contributed by atoms with Crippen LogP contribution >= 0.6 is 0 Å². The van der Waals surface area contributed by atoms with Crippen molar-refractivity contribution in [3.05, 3.63) is 65.2 Å². The first kappa shape index (κ1) is 23.7. The van der Waals surface area contributed by atoms with E-state index in [1.54, 1.807) is 12.1 Å². The third-order valence-corrected chi connectivity index (χ3v) is 5.40. The van der Waals surface area contributed by atoms with Gasteiger partial charge < -0.3 is 16.2 Å². The molecule has 3 rings (SSSR count). The van der Waals surface area contributed by atoms with Crippen molar-refractivity contribution < 1.29 is 27.9 Å². The molecule has 6 nitrogen and oxygen atoms in total. The first-order valence-corrected chi connectivity index (χ1v) is 10.4. The molecule has 0 saturated heterocycles. The Morgan fingerprint density at radius 3 is 2.53 bits per heavy atom. The molecule has 32 heavy (non-hydrogen) atoms. The zero-order chi connectivity index (χ0) is 23.3. The van der Waals surface area contributed by atoms with Crippen molar-refractivity contribution in [1.29, 1.82) is 0 Å². The van der Waals surface area contributed by atoms with E-state index in [0.29, 0.717) is 31.1 Å². The Labute approximate surface area is 184 Å². The average molecular weight is 449 g/mol. The second-order valence-corrected chi connectivity index (χ2v) is 8.10. The minimum Gasteiger partial charge on any atom is -0.480 e. The number of nitrogens with zero attached hydrogens (tertiary/aromatic N) is 1. The van der Waals surface area contributed by atoms with Crippen molar-refractivity contribution >= 4 is 17.6 Å². The van der Waals surface area contributed by atoms with E-state index in [4.69, 9.17) is 10.8 Å². The third-order valence-electron chi connectivity index (χ3n) is 5.40. The topological polar surface area (TPSA) is 95.7 Å². The summed E-state index contributed by atoms with van der Waals surface area (Å²) in [5.41, 5.74) is 5.96. The molecule has 0 aliphatic heterocycles. The first-order chi connectivity index (χ1) is 15.1. The molecule has 1 fully saturated rings. The molecule has 0 spiro atoms. The molecule has 0 radical (unpaired) electrons. The molecular formula is C23H26F3N3O3. The lowest BCUT2D eigenvalue weighted by atomic mass is 10.1. The normalized spacial score (nSPS) is 14.9. The zero-order valence-electron chi connectivity index (χ0n) is 17.4. The van der Waals surface area contributed by atoms with Crippen LogP contribution in [0.4, 0.5) is 18.9 Å². The maximum Gasteiger partial charge on any atom is 0.416 e. The maximum atomic E-state index is 13.0. The number of aliphatic carboxylic acids is 1. The highest BCUT2D eigenvalue weighted by molar-refractivity contribution is 6.04. The summed E-state index contributed by atoms with van der Waals surface area (Å²) in [6.45, 7) is 1.74. The molecule has 172 valence electrons. The van der Waals surface area contributed by atoms with Gasteiger partial charge in [0.25, 0.3) is 5.91 Å². The van der Waals surface area contributed by atoms with Gasteiger partial charge in [0.15, 0.2) is 0 Å². The monoisotopic (exact) mass is 449 g/mol. The SMILES string of the molecule is NC(CCN(Cc1ccccc1NC(=O)c1cccc(C(F)(F)F)c1)CC1CC1)C(=O)O. The number of carbonyl (C=O) groups excluding carboxylic acids is 1. The van der Waals surface area contributed by atoms with Gasteiger partial charge in [-0.15, -0.1) is 0 Å². The molecular weight excluding hydrogens is 423 g/mol. The number of carboxylic acid groups (broad SMARTS) is 1. The number of amides is 1. The Hall–Kier alpha value is -2.91. The second-order valence-electron chi connectivity index (χ2n) is 8.10. The molecule has 1 atom stereocenters. The molecule has 1 saturated carbocycles. The van der Waals surface area contributed by atoms with Crippen molar-refractivity contribution in [3.8, 4) is 0 Å². The molecule has 4 N–H and O–H groups in total. The summed E-state index contributed by atoms with van der Waals surface area (Å²) in [5, 5.41) is 11.7. The van der Waals surface area contributed by atoms with Crippen LogP contribution in [0.2, 0.25) is 0 Å². The Morgan fingerprint density at radius 1 is 1.16 bits per heavy atom. The van der Waals surface area contributed by atoms with E-state index in [-0.39, 0.29) is 5.56 Å². The van der Waals surface area contributed by atoms with Crippen molar-refractivity contribution in [3.63, 3.8) is 0 Å². The Balaban J connectivity index is 1.72. The van der Waals surface area contributed by atoms with Gasteiger partial charge in [0.1, 0.15) is 6.04 Å². The van der Waals surface area contributed by atoms with E-state index in [1.165, 1.54) is 12.1 Å². The minimum atomic E-state index is -4.53. The fourth-order valence-corrected chi connectivity index (χ4v) is 3.40. The van der Waals surface area contributed by atoms with Crippen LogP contribution in [0.3, 0.4) is 0 Å². The summed E-state index contributed by atoms with van der Waals surface area (Å²) in [6.07, 6.45) is -2.00. The number of carboxylic acids is 1. The molecule has 1 amide bonds. The van der Waals surface area contributed by atoms with Crippen LogP contribution in [0.5, 0.6) is 0 Å². The van der Waals surface area contributed by atoms with Crippen LogP contribution < -0.4 is 11.1 Å². The lowest BCUT2D eigenvalue weighted by Gasteiger charge is -2.24. The fourth-order valence-electron chi connectivity index (χ4n) is 3.40. The van der Waals surface area contributed by atoms with Crippen molar-refractivity contribution in [1.82, 2.24) is 4.90 Å². The minimum absolute atomic E-state index is 0.0862. The number of hydrogen-bond donors (Lipinski definition) is 3. The lowest BCUT2D eigenvalue weighted by Crippen LogP contribution is -2.36. The largest absolute Gasteiger partial charge is 0.480 e. The number of alkyl halides is 3. The van der Waals surface area contributed by atoms with Gasteiger partial charge in [0.05, 0.1) is 5.56 Å². The predicted molar refractivity (Wildman–Crippen MR) is 114 cm³/mol. The number of hydrogen-bond acceptors (Lipinski definition) is 4. The van der Waals surface area contributed by atoms with Gasteiger partial charge in [0.2, 0.25) is 0 Å². The van der Waals surface area contributed by atoms with E-state index in [1.807, 2.05) is 12.1 Å². The maximum absolute atomic E-state index is 13.0. The zero-order valence-corrected chi connectivity index (χ0v) is 17.4. The van der Waals surface area contributed by atoms with E-state index in [9.17, 15) is 22.8 Å². The third kappa shape index (κ3) is 6.80. The predicted octanol–water partition coefficient (Wildman–Crippen LogP) is 3.97. The van der Waals surface area contributed by atoms with E-state index >= 15 is 0 Å². The summed E-state index contributed by atoms with van der Waals surface area (Å²) < 4.78 is 38.9. The molecule has 1 unspecified atom stereocenters. The molecule has 0 aromatic heterocycles. The molecule has 0 bridgehead atoms. The summed E-state index contributed by atoms with van der Waals surface area (Å²) in [6, 6.07) is 10.4. The Morgan fingerprint density at radius 2 is 1.88 bits per heavy atom. The van der Waals surface area contributed by atoms with Crippen LogP contribution in [-0.2, 0) is 17.5 Å². The van der Waals surface area contributed by atoms with Gasteiger partial charge in [-0.1, -0.05) is 24.3 Å².